The van der Waals surface area contributed by atoms with Crippen molar-refractivity contribution in [3.63, 3.8) is 0 Å². The van der Waals surface area contributed by atoms with Gasteiger partial charge in [0.2, 0.25) is 0 Å². The van der Waals surface area contributed by atoms with Crippen LogP contribution in [0.4, 0.5) is 5.69 Å². The molecule has 0 radical (unpaired) electrons. The predicted molar refractivity (Wildman–Crippen MR) is 86.2 cm³/mol. The number of hydrogen-bond acceptors (Lipinski definition) is 4. The maximum absolute atomic E-state index is 11.8. The van der Waals surface area contributed by atoms with E-state index in [2.05, 4.69) is 5.32 Å². The SMILES string of the molecule is COC(=O)C(CC(C)C)Nc1ccc(C(N)=S)c(Cl)c1. The van der Waals surface area contributed by atoms with E-state index >= 15 is 0 Å². The molecule has 0 fully saturated rings. The molecule has 20 heavy (non-hydrogen) atoms. The molecule has 0 aliphatic heterocycles. The van der Waals surface area contributed by atoms with Gasteiger partial charge in [-0.15, -0.1) is 0 Å². The fraction of sp³-hybridized carbons (Fsp3) is 0.429. The molecule has 1 unspecified atom stereocenters. The highest BCUT2D eigenvalue weighted by molar-refractivity contribution is 7.80. The minimum absolute atomic E-state index is 0.244. The van der Waals surface area contributed by atoms with E-state index in [4.69, 9.17) is 34.3 Å². The summed E-state index contributed by atoms with van der Waals surface area (Å²) in [6.07, 6.45) is 0.668. The summed E-state index contributed by atoms with van der Waals surface area (Å²) in [5.41, 5.74) is 6.90. The van der Waals surface area contributed by atoms with Crippen molar-refractivity contribution in [2.75, 3.05) is 12.4 Å². The highest BCUT2D eigenvalue weighted by atomic mass is 35.5. The Balaban J connectivity index is 2.91. The number of ether oxygens (including phenoxy) is 1. The molecule has 3 N–H and O–H groups in total. The van der Waals surface area contributed by atoms with E-state index in [0.717, 1.165) is 5.69 Å². The van der Waals surface area contributed by atoms with Crippen LogP contribution in [0.5, 0.6) is 0 Å². The molecule has 0 saturated heterocycles. The lowest BCUT2D eigenvalue weighted by Crippen LogP contribution is -2.32. The smallest absolute Gasteiger partial charge is 0.328 e. The molecule has 0 saturated carbocycles. The number of thiocarbonyl (C=S) groups is 1. The summed E-state index contributed by atoms with van der Waals surface area (Å²) in [6.45, 7) is 4.08. The number of halogens is 1. The number of benzene rings is 1. The number of anilines is 1. The number of rotatable bonds is 6. The summed E-state index contributed by atoms with van der Waals surface area (Å²) in [6, 6.07) is 4.81. The van der Waals surface area contributed by atoms with Gasteiger partial charge in [0, 0.05) is 11.3 Å². The zero-order valence-electron chi connectivity index (χ0n) is 11.8. The molecule has 0 amide bonds. The zero-order chi connectivity index (χ0) is 15.3. The van der Waals surface area contributed by atoms with Crippen LogP contribution in [0, 0.1) is 5.92 Å². The topological polar surface area (TPSA) is 64.3 Å². The maximum atomic E-state index is 11.8. The van der Waals surface area contributed by atoms with Crippen LogP contribution in [0.1, 0.15) is 25.8 Å². The Morgan fingerprint density at radius 1 is 1.50 bits per heavy atom. The van der Waals surface area contributed by atoms with Gasteiger partial charge >= 0.3 is 5.97 Å². The number of nitrogens with one attached hydrogen (secondary N) is 1. The van der Waals surface area contributed by atoms with Crippen molar-refractivity contribution in [1.82, 2.24) is 0 Å². The Morgan fingerprint density at radius 3 is 2.60 bits per heavy atom. The van der Waals surface area contributed by atoms with Crippen molar-refractivity contribution in [3.8, 4) is 0 Å². The largest absolute Gasteiger partial charge is 0.467 e. The Morgan fingerprint density at radius 2 is 2.15 bits per heavy atom. The molecule has 1 rings (SSSR count). The molecular formula is C14H19ClN2O2S. The first-order chi connectivity index (χ1) is 9.35. The van der Waals surface area contributed by atoms with E-state index in [0.29, 0.717) is 22.9 Å². The van der Waals surface area contributed by atoms with Crippen LogP contribution < -0.4 is 11.1 Å². The van der Waals surface area contributed by atoms with Gasteiger partial charge in [-0.3, -0.25) is 0 Å². The van der Waals surface area contributed by atoms with E-state index in [-0.39, 0.29) is 11.0 Å². The molecule has 4 nitrogen and oxygen atoms in total. The maximum Gasteiger partial charge on any atom is 0.328 e. The minimum atomic E-state index is -0.410. The van der Waals surface area contributed by atoms with Gasteiger partial charge in [-0.1, -0.05) is 37.7 Å². The number of hydrogen-bond donors (Lipinski definition) is 2. The van der Waals surface area contributed by atoms with Crippen molar-refractivity contribution < 1.29 is 9.53 Å². The molecule has 0 heterocycles. The van der Waals surface area contributed by atoms with Crippen LogP contribution in [-0.4, -0.2) is 24.1 Å². The van der Waals surface area contributed by atoms with Crippen LogP contribution in [0.25, 0.3) is 0 Å². The van der Waals surface area contributed by atoms with E-state index in [1.54, 1.807) is 18.2 Å². The van der Waals surface area contributed by atoms with Gasteiger partial charge in [0.15, 0.2) is 0 Å². The molecule has 0 aliphatic carbocycles. The van der Waals surface area contributed by atoms with Gasteiger partial charge in [0.05, 0.1) is 12.1 Å². The fourth-order valence-electron chi connectivity index (χ4n) is 1.83. The second-order valence-corrected chi connectivity index (χ2v) is 5.76. The second-order valence-electron chi connectivity index (χ2n) is 4.91. The predicted octanol–water partition coefficient (Wildman–Crippen LogP) is 2.97. The molecule has 0 aliphatic rings. The fourth-order valence-corrected chi connectivity index (χ4v) is 2.35. The van der Waals surface area contributed by atoms with E-state index in [9.17, 15) is 4.79 Å². The van der Waals surface area contributed by atoms with Crippen molar-refractivity contribution in [2.24, 2.45) is 11.7 Å². The first-order valence-corrected chi connectivity index (χ1v) is 7.07. The highest BCUT2D eigenvalue weighted by Crippen LogP contribution is 2.22. The molecule has 1 atom stereocenters. The van der Waals surface area contributed by atoms with Crippen molar-refractivity contribution in [3.05, 3.63) is 28.8 Å². The molecular weight excluding hydrogens is 296 g/mol. The molecule has 110 valence electrons. The second kappa shape index (κ2) is 7.45. The van der Waals surface area contributed by atoms with Gasteiger partial charge in [0.1, 0.15) is 11.0 Å². The minimum Gasteiger partial charge on any atom is -0.467 e. The van der Waals surface area contributed by atoms with Gasteiger partial charge < -0.3 is 15.8 Å². The lowest BCUT2D eigenvalue weighted by Gasteiger charge is -2.19. The molecule has 1 aromatic carbocycles. The van der Waals surface area contributed by atoms with Crippen LogP contribution in [0.15, 0.2) is 18.2 Å². The summed E-state index contributed by atoms with van der Waals surface area (Å²) in [5.74, 6) is 0.0613. The van der Waals surface area contributed by atoms with Gasteiger partial charge in [-0.25, -0.2) is 4.79 Å². The molecule has 0 spiro atoms. The number of nitrogens with two attached hydrogens (primary N) is 1. The van der Waals surface area contributed by atoms with E-state index < -0.39 is 6.04 Å². The normalized spacial score (nSPS) is 12.1. The van der Waals surface area contributed by atoms with Crippen molar-refractivity contribution in [2.45, 2.75) is 26.3 Å². The molecule has 0 bridgehead atoms. The third kappa shape index (κ3) is 4.65. The Kier molecular flexibility index (Phi) is 6.23. The lowest BCUT2D eigenvalue weighted by molar-refractivity contribution is -0.141. The average molecular weight is 315 g/mol. The van der Waals surface area contributed by atoms with Crippen molar-refractivity contribution in [1.29, 1.82) is 0 Å². The highest BCUT2D eigenvalue weighted by Gasteiger charge is 2.20. The zero-order valence-corrected chi connectivity index (χ0v) is 13.3. The van der Waals surface area contributed by atoms with Gasteiger partial charge in [0.25, 0.3) is 0 Å². The van der Waals surface area contributed by atoms with Gasteiger partial charge in [-0.05, 0) is 30.5 Å². The molecule has 0 aromatic heterocycles. The molecule has 6 heteroatoms. The van der Waals surface area contributed by atoms with Crippen LogP contribution in [0.2, 0.25) is 5.02 Å². The number of carbonyl (C=O) groups is 1. The first-order valence-electron chi connectivity index (χ1n) is 6.28. The summed E-state index contributed by atoms with van der Waals surface area (Å²) < 4.78 is 4.80. The van der Waals surface area contributed by atoms with Crippen LogP contribution >= 0.6 is 23.8 Å². The number of carbonyl (C=O) groups excluding carboxylic acids is 1. The lowest BCUT2D eigenvalue weighted by atomic mass is 10.0. The average Bonchev–Trinajstić information content (AvgIpc) is 2.36. The van der Waals surface area contributed by atoms with E-state index in [1.165, 1.54) is 7.11 Å². The van der Waals surface area contributed by atoms with Crippen LogP contribution in [-0.2, 0) is 9.53 Å². The summed E-state index contributed by atoms with van der Waals surface area (Å²) in [4.78, 5) is 12.0. The van der Waals surface area contributed by atoms with E-state index in [1.807, 2.05) is 13.8 Å². The molecule has 1 aromatic rings. The Labute approximate surface area is 129 Å². The standard InChI is InChI=1S/C14H19ClN2O2S/c1-8(2)6-12(14(18)19-3)17-9-4-5-10(13(16)20)11(15)7-9/h4-5,7-8,12,17H,6H2,1-3H3,(H2,16,20). The summed E-state index contributed by atoms with van der Waals surface area (Å²) >= 11 is 11.0. The Hall–Kier alpha value is -1.33. The third-order valence-corrected chi connectivity index (χ3v) is 3.30. The summed E-state index contributed by atoms with van der Waals surface area (Å²) in [7, 11) is 1.38. The number of esters is 1. The quantitative estimate of drug-likeness (QED) is 0.624. The third-order valence-electron chi connectivity index (χ3n) is 2.77. The van der Waals surface area contributed by atoms with Gasteiger partial charge in [-0.2, -0.15) is 0 Å². The monoisotopic (exact) mass is 314 g/mol. The Bertz CT molecular complexity index is 506. The summed E-state index contributed by atoms with van der Waals surface area (Å²) in [5, 5.41) is 3.58. The van der Waals surface area contributed by atoms with Crippen LogP contribution in [0.3, 0.4) is 0 Å². The number of methoxy groups -OCH3 is 1. The van der Waals surface area contributed by atoms with Crippen molar-refractivity contribution >= 4 is 40.5 Å². The first kappa shape index (κ1) is 16.7.